The van der Waals surface area contributed by atoms with Gasteiger partial charge in [0.1, 0.15) is 12.1 Å². The van der Waals surface area contributed by atoms with Gasteiger partial charge in [-0.2, -0.15) is 14.6 Å². The fourth-order valence-electron chi connectivity index (χ4n) is 4.18. The Morgan fingerprint density at radius 1 is 1.22 bits per heavy atom. The molecule has 7 nitrogen and oxygen atoms in total. The molecule has 0 saturated carbocycles. The van der Waals surface area contributed by atoms with Crippen LogP contribution in [0.2, 0.25) is 0 Å². The average molecular weight is 314 g/mol. The fraction of sp³-hybridized carbons (Fsp3) is 0.625. The third kappa shape index (κ3) is 2.34. The molecule has 2 aliphatic heterocycles. The predicted octanol–water partition coefficient (Wildman–Crippen LogP) is 1.41. The van der Waals surface area contributed by atoms with Gasteiger partial charge in [0, 0.05) is 31.8 Å². The molecule has 1 amide bonds. The first-order valence-corrected chi connectivity index (χ1v) is 8.36. The number of fused-ring (bicyclic) bond motifs is 1. The van der Waals surface area contributed by atoms with E-state index in [0.29, 0.717) is 17.9 Å². The Kier molecular flexibility index (Phi) is 3.43. The lowest BCUT2D eigenvalue weighted by Crippen LogP contribution is -2.48. The van der Waals surface area contributed by atoms with E-state index in [4.69, 9.17) is 0 Å². The summed E-state index contributed by atoms with van der Waals surface area (Å²) < 4.78 is 1.82. The predicted molar refractivity (Wildman–Crippen MR) is 86.3 cm³/mol. The van der Waals surface area contributed by atoms with Crippen LogP contribution in [0.4, 0.5) is 5.82 Å². The number of hydrogen-bond donors (Lipinski definition) is 0. The van der Waals surface area contributed by atoms with Crippen molar-refractivity contribution in [3.63, 3.8) is 0 Å². The molecule has 2 unspecified atom stereocenters. The van der Waals surface area contributed by atoms with E-state index in [0.717, 1.165) is 50.3 Å². The Morgan fingerprint density at radius 3 is 2.83 bits per heavy atom. The molecule has 4 rings (SSSR count). The first-order valence-electron chi connectivity index (χ1n) is 8.36. The Labute approximate surface area is 135 Å². The molecule has 0 aromatic carbocycles. The van der Waals surface area contributed by atoms with Crippen LogP contribution in [0.15, 0.2) is 12.4 Å². The Bertz CT molecular complexity index is 741. The van der Waals surface area contributed by atoms with Crippen LogP contribution in [0.3, 0.4) is 0 Å². The molecule has 2 atom stereocenters. The van der Waals surface area contributed by atoms with E-state index in [-0.39, 0.29) is 5.91 Å². The molecule has 0 radical (unpaired) electrons. The molecule has 0 N–H and O–H groups in total. The largest absolute Gasteiger partial charge is 0.351 e. The summed E-state index contributed by atoms with van der Waals surface area (Å²) in [7, 11) is 0. The molecule has 0 bridgehead atoms. The molecule has 7 heteroatoms. The molecule has 2 aromatic heterocycles. The van der Waals surface area contributed by atoms with Crippen LogP contribution < -0.4 is 4.90 Å². The summed E-state index contributed by atoms with van der Waals surface area (Å²) in [6.07, 6.45) is 6.00. The van der Waals surface area contributed by atoms with Crippen molar-refractivity contribution < 1.29 is 4.79 Å². The van der Waals surface area contributed by atoms with Crippen molar-refractivity contribution in [3.8, 4) is 0 Å². The summed E-state index contributed by atoms with van der Waals surface area (Å²) in [5.41, 5.74) is 0.945. The summed E-state index contributed by atoms with van der Waals surface area (Å²) in [5, 5.41) is 4.34. The molecule has 2 aliphatic rings. The van der Waals surface area contributed by atoms with Crippen LogP contribution in [0.25, 0.3) is 5.78 Å². The number of carbonyl (C=O) groups is 1. The lowest BCUT2D eigenvalue weighted by atomic mass is 10.0. The first kappa shape index (κ1) is 14.4. The van der Waals surface area contributed by atoms with E-state index in [1.807, 2.05) is 11.4 Å². The van der Waals surface area contributed by atoms with E-state index in [1.54, 1.807) is 13.3 Å². The van der Waals surface area contributed by atoms with E-state index >= 15 is 0 Å². The topological polar surface area (TPSA) is 66.6 Å². The van der Waals surface area contributed by atoms with Gasteiger partial charge < -0.3 is 9.80 Å². The number of aromatic nitrogens is 4. The number of nitrogens with zero attached hydrogens (tertiary/aromatic N) is 6. The second-order valence-corrected chi connectivity index (χ2v) is 6.55. The summed E-state index contributed by atoms with van der Waals surface area (Å²) in [5.74, 6) is 1.87. The van der Waals surface area contributed by atoms with Crippen LogP contribution in [0, 0.1) is 6.92 Å². The highest BCUT2D eigenvalue weighted by atomic mass is 16.2. The summed E-state index contributed by atoms with van der Waals surface area (Å²) in [6.45, 7) is 5.55. The number of anilines is 1. The van der Waals surface area contributed by atoms with E-state index in [2.05, 4.69) is 30.9 Å². The third-order valence-electron chi connectivity index (χ3n) is 5.10. The number of carbonyl (C=O) groups excluding carboxylic acids is 1. The number of likely N-dealkylation sites (tertiary alicyclic amines) is 1. The summed E-state index contributed by atoms with van der Waals surface area (Å²) in [4.78, 5) is 25.1. The van der Waals surface area contributed by atoms with Gasteiger partial charge in [-0.15, -0.1) is 0 Å². The Balaban J connectivity index is 1.72. The minimum absolute atomic E-state index is 0.191. The molecule has 2 aromatic rings. The molecular formula is C16H22N6O. The minimum atomic E-state index is 0.191. The van der Waals surface area contributed by atoms with Crippen molar-refractivity contribution >= 4 is 17.5 Å². The second kappa shape index (κ2) is 5.47. The van der Waals surface area contributed by atoms with Crippen LogP contribution in [-0.4, -0.2) is 55.6 Å². The van der Waals surface area contributed by atoms with E-state index in [9.17, 15) is 4.79 Å². The van der Waals surface area contributed by atoms with Crippen LogP contribution in [0.1, 0.15) is 38.3 Å². The maximum absolute atomic E-state index is 12.0. The quantitative estimate of drug-likeness (QED) is 0.838. The zero-order chi connectivity index (χ0) is 16.0. The van der Waals surface area contributed by atoms with Gasteiger partial charge in [-0.3, -0.25) is 4.79 Å². The van der Waals surface area contributed by atoms with Gasteiger partial charge in [-0.1, -0.05) is 0 Å². The van der Waals surface area contributed by atoms with E-state index in [1.165, 1.54) is 0 Å². The third-order valence-corrected chi connectivity index (χ3v) is 5.10. The van der Waals surface area contributed by atoms with Crippen molar-refractivity contribution in [2.24, 2.45) is 0 Å². The molecule has 23 heavy (non-hydrogen) atoms. The normalized spacial score (nSPS) is 24.8. The zero-order valence-corrected chi connectivity index (χ0v) is 13.6. The van der Waals surface area contributed by atoms with Crippen LogP contribution in [0.5, 0.6) is 0 Å². The van der Waals surface area contributed by atoms with Gasteiger partial charge in [0.2, 0.25) is 5.91 Å². The number of amides is 1. The summed E-state index contributed by atoms with van der Waals surface area (Å²) in [6, 6.07) is 2.74. The molecule has 122 valence electrons. The first-order chi connectivity index (χ1) is 11.1. The molecule has 2 saturated heterocycles. The molecule has 0 aliphatic carbocycles. The SMILES string of the molecule is CC(=O)N1CCCC1C1CCCN1c1cc(C)nc2ncnn12. The monoisotopic (exact) mass is 314 g/mol. The van der Waals surface area contributed by atoms with E-state index < -0.39 is 0 Å². The minimum Gasteiger partial charge on any atom is -0.351 e. The molecule has 2 fully saturated rings. The lowest BCUT2D eigenvalue weighted by Gasteiger charge is -2.35. The van der Waals surface area contributed by atoms with Crippen molar-refractivity contribution in [1.29, 1.82) is 0 Å². The smallest absolute Gasteiger partial charge is 0.254 e. The highest BCUT2D eigenvalue weighted by Gasteiger charge is 2.39. The number of rotatable bonds is 2. The van der Waals surface area contributed by atoms with Crippen LogP contribution >= 0.6 is 0 Å². The summed E-state index contributed by atoms with van der Waals surface area (Å²) >= 11 is 0. The van der Waals surface area contributed by atoms with Gasteiger partial charge in [0.05, 0.1) is 12.1 Å². The Hall–Kier alpha value is -2.18. The van der Waals surface area contributed by atoms with Crippen molar-refractivity contribution in [1.82, 2.24) is 24.5 Å². The number of hydrogen-bond acceptors (Lipinski definition) is 5. The maximum Gasteiger partial charge on any atom is 0.254 e. The fourth-order valence-corrected chi connectivity index (χ4v) is 4.18. The van der Waals surface area contributed by atoms with Crippen molar-refractivity contribution in [2.75, 3.05) is 18.0 Å². The standard InChI is InChI=1S/C16H22N6O/c1-11-9-15(22-16(19-11)17-10-18-22)21-8-4-6-14(21)13-5-3-7-20(13)12(2)23/h9-10,13-14H,3-8H2,1-2H3. The highest BCUT2D eigenvalue weighted by molar-refractivity contribution is 5.74. The highest BCUT2D eigenvalue weighted by Crippen LogP contribution is 2.33. The molecule has 4 heterocycles. The lowest BCUT2D eigenvalue weighted by molar-refractivity contribution is -0.129. The Morgan fingerprint density at radius 2 is 2.00 bits per heavy atom. The second-order valence-electron chi connectivity index (χ2n) is 6.55. The molecular weight excluding hydrogens is 292 g/mol. The van der Waals surface area contributed by atoms with Gasteiger partial charge in [-0.25, -0.2) is 4.98 Å². The van der Waals surface area contributed by atoms with Crippen molar-refractivity contribution in [2.45, 2.75) is 51.6 Å². The van der Waals surface area contributed by atoms with Gasteiger partial charge in [0.25, 0.3) is 5.78 Å². The van der Waals surface area contributed by atoms with Crippen LogP contribution in [-0.2, 0) is 4.79 Å². The number of aryl methyl sites for hydroxylation is 1. The van der Waals surface area contributed by atoms with Gasteiger partial charge in [-0.05, 0) is 32.6 Å². The molecule has 0 spiro atoms. The maximum atomic E-state index is 12.0. The van der Waals surface area contributed by atoms with Gasteiger partial charge >= 0.3 is 0 Å². The average Bonchev–Trinajstić information content (AvgIpc) is 3.24. The van der Waals surface area contributed by atoms with Crippen molar-refractivity contribution in [3.05, 3.63) is 18.1 Å². The van der Waals surface area contributed by atoms with Gasteiger partial charge in [0.15, 0.2) is 0 Å². The zero-order valence-electron chi connectivity index (χ0n) is 13.6.